The summed E-state index contributed by atoms with van der Waals surface area (Å²) in [7, 11) is -3.52. The molecule has 2 rings (SSSR count). The highest BCUT2D eigenvalue weighted by Crippen LogP contribution is 2.17. The van der Waals surface area contributed by atoms with Crippen molar-refractivity contribution in [2.24, 2.45) is 0 Å². The van der Waals surface area contributed by atoms with Gasteiger partial charge in [0, 0.05) is 22.6 Å². The van der Waals surface area contributed by atoms with E-state index in [1.54, 1.807) is 55.5 Å². The number of ketones is 1. The van der Waals surface area contributed by atoms with Crippen LogP contribution in [0.25, 0.3) is 0 Å². The fourth-order valence-electron chi connectivity index (χ4n) is 2.07. The van der Waals surface area contributed by atoms with Crippen LogP contribution < -0.4 is 4.72 Å². The van der Waals surface area contributed by atoms with Crippen molar-refractivity contribution in [2.45, 2.75) is 13.0 Å². The van der Waals surface area contributed by atoms with Gasteiger partial charge in [-0.05, 0) is 18.6 Å². The van der Waals surface area contributed by atoms with E-state index < -0.39 is 16.1 Å². The molecule has 0 radical (unpaired) electrons. The van der Waals surface area contributed by atoms with Crippen LogP contribution in [-0.2, 0) is 10.0 Å². The van der Waals surface area contributed by atoms with E-state index in [1.165, 1.54) is 0 Å². The van der Waals surface area contributed by atoms with Gasteiger partial charge in [-0.25, -0.2) is 13.1 Å². The molecule has 1 N–H and O–H groups in total. The number of benzene rings is 2. The summed E-state index contributed by atoms with van der Waals surface area (Å²) in [6, 6.07) is 15.4. The van der Waals surface area contributed by atoms with Gasteiger partial charge in [-0.3, -0.25) is 4.79 Å². The Labute approximate surface area is 130 Å². The lowest BCUT2D eigenvalue weighted by atomic mass is 9.99. The Bertz CT molecular complexity index is 783. The molecule has 0 amide bonds. The summed E-state index contributed by atoms with van der Waals surface area (Å²) < 4.78 is 25.5. The Morgan fingerprint density at radius 1 is 1.09 bits per heavy atom. The Morgan fingerprint density at radius 2 is 1.73 bits per heavy atom. The molecule has 0 heterocycles. The highest BCUT2D eigenvalue weighted by molar-refractivity contribution is 7.92. The number of carbonyl (C=O) groups excluding carboxylic acids is 1. The molecule has 0 aliphatic carbocycles. The summed E-state index contributed by atoms with van der Waals surface area (Å²) in [5.74, 6) is -0.0961. The molecule has 0 saturated carbocycles. The first-order chi connectivity index (χ1) is 10.4. The minimum absolute atomic E-state index is 0.0961. The third-order valence-electron chi connectivity index (χ3n) is 3.25. The number of sulfonamides is 1. The highest BCUT2D eigenvalue weighted by atomic mass is 32.2. The number of carbonyl (C=O) groups is 1. The van der Waals surface area contributed by atoms with Crippen molar-refractivity contribution < 1.29 is 13.2 Å². The molecule has 1 atom stereocenters. The van der Waals surface area contributed by atoms with E-state index in [4.69, 9.17) is 0 Å². The minimum Gasteiger partial charge on any atom is -0.289 e. The molecule has 0 saturated heterocycles. The van der Waals surface area contributed by atoms with Gasteiger partial charge in [-0.2, -0.15) is 0 Å². The van der Waals surface area contributed by atoms with Crippen molar-refractivity contribution in [3.8, 4) is 0 Å². The van der Waals surface area contributed by atoms with E-state index in [9.17, 15) is 13.2 Å². The molecular formula is C17H17NO3S. The molecule has 2 aromatic rings. The second-order valence-corrected chi connectivity index (χ2v) is 6.53. The smallest absolute Gasteiger partial charge is 0.233 e. The number of rotatable bonds is 6. The lowest BCUT2D eigenvalue weighted by molar-refractivity contribution is 0.103. The molecule has 0 aliphatic rings. The highest BCUT2D eigenvalue weighted by Gasteiger charge is 2.15. The van der Waals surface area contributed by atoms with Gasteiger partial charge in [0.05, 0.1) is 0 Å². The van der Waals surface area contributed by atoms with Crippen molar-refractivity contribution >= 4 is 15.8 Å². The summed E-state index contributed by atoms with van der Waals surface area (Å²) >= 11 is 0. The van der Waals surface area contributed by atoms with Crippen LogP contribution in [0.2, 0.25) is 0 Å². The molecule has 5 heteroatoms. The van der Waals surface area contributed by atoms with Crippen molar-refractivity contribution in [3.63, 3.8) is 0 Å². The molecule has 0 fully saturated rings. The lowest BCUT2D eigenvalue weighted by Crippen LogP contribution is -2.24. The first-order valence-electron chi connectivity index (χ1n) is 6.77. The van der Waals surface area contributed by atoms with Gasteiger partial charge in [0.2, 0.25) is 10.0 Å². The maximum absolute atomic E-state index is 12.4. The minimum atomic E-state index is -3.52. The summed E-state index contributed by atoms with van der Waals surface area (Å²) in [5, 5.41) is 0.864. The first-order valence-corrected chi connectivity index (χ1v) is 8.32. The molecule has 4 nitrogen and oxygen atoms in total. The standard InChI is InChI=1S/C17H17NO3S/c1-3-22(20,21)18-13(2)15-10-7-11-16(12-15)17(19)14-8-5-4-6-9-14/h3-13,18H,1H2,2H3. The summed E-state index contributed by atoms with van der Waals surface area (Å²) in [6.45, 7) is 4.98. The maximum Gasteiger partial charge on any atom is 0.233 e. The third-order valence-corrected chi connectivity index (χ3v) is 4.37. The van der Waals surface area contributed by atoms with E-state index in [0.29, 0.717) is 16.7 Å². The van der Waals surface area contributed by atoms with Crippen molar-refractivity contribution in [1.82, 2.24) is 4.72 Å². The SMILES string of the molecule is C=CS(=O)(=O)NC(C)c1cccc(C(=O)c2ccccc2)c1. The normalized spacial score (nSPS) is 12.6. The van der Waals surface area contributed by atoms with E-state index in [1.807, 2.05) is 6.07 Å². The van der Waals surface area contributed by atoms with Crippen LogP contribution in [0.1, 0.15) is 34.5 Å². The second-order valence-electron chi connectivity index (χ2n) is 4.87. The van der Waals surface area contributed by atoms with E-state index in [2.05, 4.69) is 11.3 Å². The van der Waals surface area contributed by atoms with Gasteiger partial charge in [-0.1, -0.05) is 55.1 Å². The van der Waals surface area contributed by atoms with Gasteiger partial charge in [0.25, 0.3) is 0 Å². The lowest BCUT2D eigenvalue weighted by Gasteiger charge is -2.13. The zero-order valence-electron chi connectivity index (χ0n) is 12.2. The van der Waals surface area contributed by atoms with Gasteiger partial charge >= 0.3 is 0 Å². The molecule has 0 aliphatic heterocycles. The average molecular weight is 315 g/mol. The number of hydrogen-bond donors (Lipinski definition) is 1. The van der Waals surface area contributed by atoms with Crippen molar-refractivity contribution in [3.05, 3.63) is 83.3 Å². The summed E-state index contributed by atoms with van der Waals surface area (Å²) in [4.78, 5) is 12.4. The van der Waals surface area contributed by atoms with E-state index in [-0.39, 0.29) is 5.78 Å². The molecule has 0 aromatic heterocycles. The zero-order chi connectivity index (χ0) is 16.2. The predicted octanol–water partition coefficient (Wildman–Crippen LogP) is 3.04. The van der Waals surface area contributed by atoms with Crippen molar-refractivity contribution in [1.29, 1.82) is 0 Å². The molecular weight excluding hydrogens is 298 g/mol. The van der Waals surface area contributed by atoms with Crippen molar-refractivity contribution in [2.75, 3.05) is 0 Å². The molecule has 2 aromatic carbocycles. The topological polar surface area (TPSA) is 63.2 Å². The largest absolute Gasteiger partial charge is 0.289 e. The zero-order valence-corrected chi connectivity index (χ0v) is 13.0. The predicted molar refractivity (Wildman–Crippen MR) is 87.0 cm³/mol. The maximum atomic E-state index is 12.4. The van der Waals surface area contributed by atoms with Gasteiger partial charge in [-0.15, -0.1) is 0 Å². The van der Waals surface area contributed by atoms with Gasteiger partial charge < -0.3 is 0 Å². The van der Waals surface area contributed by atoms with Crippen LogP contribution in [0.3, 0.4) is 0 Å². The monoisotopic (exact) mass is 315 g/mol. The number of nitrogens with one attached hydrogen (secondary N) is 1. The van der Waals surface area contributed by atoms with E-state index >= 15 is 0 Å². The molecule has 1 unspecified atom stereocenters. The molecule has 0 bridgehead atoms. The Kier molecular flexibility index (Phi) is 4.90. The fraction of sp³-hybridized carbons (Fsp3) is 0.118. The van der Waals surface area contributed by atoms with Gasteiger partial charge in [0.1, 0.15) is 0 Å². The van der Waals surface area contributed by atoms with Crippen LogP contribution in [0.15, 0.2) is 66.6 Å². The molecule has 22 heavy (non-hydrogen) atoms. The van der Waals surface area contributed by atoms with Crippen LogP contribution in [0, 0.1) is 0 Å². The Morgan fingerprint density at radius 3 is 2.36 bits per heavy atom. The quantitative estimate of drug-likeness (QED) is 0.833. The van der Waals surface area contributed by atoms with Crippen LogP contribution in [-0.4, -0.2) is 14.2 Å². The number of hydrogen-bond acceptors (Lipinski definition) is 3. The second kappa shape index (κ2) is 6.68. The van der Waals surface area contributed by atoms with Crippen LogP contribution in [0.5, 0.6) is 0 Å². The summed E-state index contributed by atoms with van der Waals surface area (Å²) in [6.07, 6.45) is 0. The third kappa shape index (κ3) is 3.90. The summed E-state index contributed by atoms with van der Waals surface area (Å²) in [5.41, 5.74) is 1.83. The van der Waals surface area contributed by atoms with Gasteiger partial charge in [0.15, 0.2) is 5.78 Å². The van der Waals surface area contributed by atoms with Crippen LogP contribution >= 0.6 is 0 Å². The fourth-order valence-corrected chi connectivity index (χ4v) is 2.79. The Hall–Kier alpha value is -2.24. The molecule has 0 spiro atoms. The first kappa shape index (κ1) is 16.1. The Balaban J connectivity index is 2.27. The molecule has 114 valence electrons. The van der Waals surface area contributed by atoms with Crippen LogP contribution in [0.4, 0.5) is 0 Å². The average Bonchev–Trinajstić information content (AvgIpc) is 2.54. The van der Waals surface area contributed by atoms with E-state index in [0.717, 1.165) is 5.41 Å².